The van der Waals surface area contributed by atoms with Crippen LogP contribution >= 0.6 is 0 Å². The van der Waals surface area contributed by atoms with Gasteiger partial charge in [-0.05, 0) is 60.5 Å². The maximum atomic E-state index is 12.5. The number of nitrogens with zero attached hydrogens (tertiary/aromatic N) is 1. The first-order valence-corrected chi connectivity index (χ1v) is 10.1. The third-order valence-corrected chi connectivity index (χ3v) is 5.09. The summed E-state index contributed by atoms with van der Waals surface area (Å²) in [6.45, 7) is 1.82. The molecule has 0 spiro atoms. The maximum absolute atomic E-state index is 12.5. The van der Waals surface area contributed by atoms with Gasteiger partial charge in [-0.25, -0.2) is 14.6 Å². The minimum atomic E-state index is -0.545. The Bertz CT molecular complexity index is 1640. The molecule has 0 fully saturated rings. The van der Waals surface area contributed by atoms with E-state index in [1.165, 1.54) is 18.2 Å². The fourth-order valence-electron chi connectivity index (χ4n) is 3.48. The van der Waals surface area contributed by atoms with E-state index in [2.05, 4.69) is 4.98 Å². The highest BCUT2D eigenvalue weighted by Gasteiger charge is 2.15. The molecule has 0 radical (unpaired) electrons. The fourth-order valence-corrected chi connectivity index (χ4v) is 3.48. The largest absolute Gasteiger partial charge is 0.508 e. The zero-order valence-electron chi connectivity index (χ0n) is 17.4. The molecule has 3 aromatic carbocycles. The summed E-state index contributed by atoms with van der Waals surface area (Å²) in [6, 6.07) is 19.8. The van der Waals surface area contributed by atoms with E-state index < -0.39 is 11.3 Å². The SMILES string of the molecule is Cc1cc(=O)oc2cc(OC(=Cc3ccc(O)cc3)c3nc4ccccc4c(=O)o3)ccc12. The Balaban J connectivity index is 1.65. The summed E-state index contributed by atoms with van der Waals surface area (Å²) in [7, 11) is 0. The number of phenolic OH excluding ortho intramolecular Hbond substituents is 1. The van der Waals surface area contributed by atoms with Gasteiger partial charge in [-0.2, -0.15) is 0 Å². The van der Waals surface area contributed by atoms with Gasteiger partial charge < -0.3 is 18.7 Å². The number of aryl methyl sites for hydroxylation is 1. The minimum Gasteiger partial charge on any atom is -0.508 e. The van der Waals surface area contributed by atoms with E-state index in [-0.39, 0.29) is 17.4 Å². The topological polar surface area (TPSA) is 103 Å². The van der Waals surface area contributed by atoms with Crippen molar-refractivity contribution >= 4 is 33.7 Å². The van der Waals surface area contributed by atoms with E-state index in [1.807, 2.05) is 6.92 Å². The van der Waals surface area contributed by atoms with Crippen molar-refractivity contribution in [2.24, 2.45) is 0 Å². The average Bonchev–Trinajstić information content (AvgIpc) is 2.79. The van der Waals surface area contributed by atoms with E-state index in [0.29, 0.717) is 27.8 Å². The van der Waals surface area contributed by atoms with Crippen LogP contribution in [-0.4, -0.2) is 10.1 Å². The molecule has 162 valence electrons. The first-order chi connectivity index (χ1) is 16.0. The van der Waals surface area contributed by atoms with Crippen molar-refractivity contribution in [2.45, 2.75) is 6.92 Å². The Morgan fingerprint density at radius 2 is 1.73 bits per heavy atom. The summed E-state index contributed by atoms with van der Waals surface area (Å²) < 4.78 is 16.8. The van der Waals surface area contributed by atoms with Gasteiger partial charge >= 0.3 is 11.3 Å². The zero-order chi connectivity index (χ0) is 22.9. The molecule has 0 aliphatic rings. The summed E-state index contributed by atoms with van der Waals surface area (Å²) in [4.78, 5) is 28.8. The van der Waals surface area contributed by atoms with E-state index in [0.717, 1.165) is 10.9 Å². The van der Waals surface area contributed by atoms with Crippen molar-refractivity contribution in [2.75, 3.05) is 0 Å². The van der Waals surface area contributed by atoms with Crippen LogP contribution in [0.5, 0.6) is 11.5 Å². The lowest BCUT2D eigenvalue weighted by atomic mass is 10.1. The molecule has 5 aromatic rings. The molecular formula is C26H17NO6. The Kier molecular flexibility index (Phi) is 4.99. The van der Waals surface area contributed by atoms with Crippen LogP contribution in [0, 0.1) is 6.92 Å². The molecule has 1 N–H and O–H groups in total. The summed E-state index contributed by atoms with van der Waals surface area (Å²) in [5.74, 6) is 0.624. The van der Waals surface area contributed by atoms with Crippen LogP contribution < -0.4 is 16.0 Å². The van der Waals surface area contributed by atoms with E-state index in [1.54, 1.807) is 60.7 Å². The number of fused-ring (bicyclic) bond motifs is 2. The number of hydrogen-bond donors (Lipinski definition) is 1. The van der Waals surface area contributed by atoms with Gasteiger partial charge in [0.05, 0.1) is 10.9 Å². The van der Waals surface area contributed by atoms with Gasteiger partial charge in [0.1, 0.15) is 17.1 Å². The van der Waals surface area contributed by atoms with Gasteiger partial charge in [0, 0.05) is 17.5 Å². The van der Waals surface area contributed by atoms with Crippen LogP contribution in [0.1, 0.15) is 17.0 Å². The second-order valence-electron chi connectivity index (χ2n) is 7.43. The van der Waals surface area contributed by atoms with Crippen LogP contribution in [0.4, 0.5) is 0 Å². The Labute approximate surface area is 186 Å². The summed E-state index contributed by atoms with van der Waals surface area (Å²) in [5, 5.41) is 10.7. The second kappa shape index (κ2) is 8.12. The highest BCUT2D eigenvalue weighted by molar-refractivity contribution is 5.83. The van der Waals surface area contributed by atoms with Crippen molar-refractivity contribution < 1.29 is 18.7 Å². The molecule has 2 heterocycles. The van der Waals surface area contributed by atoms with Crippen LogP contribution in [0.25, 0.3) is 33.7 Å². The second-order valence-corrected chi connectivity index (χ2v) is 7.43. The van der Waals surface area contributed by atoms with Crippen molar-refractivity contribution in [3.8, 4) is 11.5 Å². The van der Waals surface area contributed by atoms with E-state index >= 15 is 0 Å². The molecule has 0 unspecified atom stereocenters. The number of aromatic nitrogens is 1. The van der Waals surface area contributed by atoms with Gasteiger partial charge in [0.25, 0.3) is 5.89 Å². The van der Waals surface area contributed by atoms with E-state index in [9.17, 15) is 14.7 Å². The molecule has 0 aliphatic heterocycles. The molecule has 0 aliphatic carbocycles. The van der Waals surface area contributed by atoms with Crippen molar-refractivity contribution in [3.63, 3.8) is 0 Å². The molecule has 33 heavy (non-hydrogen) atoms. The van der Waals surface area contributed by atoms with Gasteiger partial charge in [-0.1, -0.05) is 24.3 Å². The molecule has 0 bridgehead atoms. The van der Waals surface area contributed by atoms with Gasteiger partial charge in [-0.15, -0.1) is 0 Å². The summed E-state index contributed by atoms with van der Waals surface area (Å²) >= 11 is 0. The average molecular weight is 439 g/mol. The number of phenols is 1. The summed E-state index contributed by atoms with van der Waals surface area (Å²) in [5.41, 5.74) is 1.30. The molecule has 2 aromatic heterocycles. The van der Waals surface area contributed by atoms with Gasteiger partial charge in [-0.3, -0.25) is 0 Å². The lowest BCUT2D eigenvalue weighted by molar-refractivity contribution is 0.431. The maximum Gasteiger partial charge on any atom is 0.347 e. The minimum absolute atomic E-state index is 0.0161. The third kappa shape index (κ3) is 4.12. The third-order valence-electron chi connectivity index (χ3n) is 5.09. The Hall–Kier alpha value is -4.65. The molecule has 0 saturated heterocycles. The molecule has 7 heteroatoms. The normalized spacial score (nSPS) is 11.7. The van der Waals surface area contributed by atoms with Crippen LogP contribution in [0.3, 0.4) is 0 Å². The number of para-hydroxylation sites is 1. The van der Waals surface area contributed by atoms with Crippen LogP contribution in [0.15, 0.2) is 91.2 Å². The standard InChI is InChI=1S/C26H17NO6/c1-15-12-24(29)32-22-14-18(10-11-19(15)22)31-23(13-16-6-8-17(28)9-7-16)25-27-21-5-3-2-4-20(21)26(30)33-25/h2-14,28H,1H3. The number of aromatic hydroxyl groups is 1. The van der Waals surface area contributed by atoms with Gasteiger partial charge in [0.15, 0.2) is 5.76 Å². The van der Waals surface area contributed by atoms with E-state index in [4.69, 9.17) is 13.6 Å². The van der Waals surface area contributed by atoms with Gasteiger partial charge in [0.2, 0.25) is 0 Å². The predicted octanol–water partition coefficient (Wildman–Crippen LogP) is 4.89. The van der Waals surface area contributed by atoms with Crippen LogP contribution in [0.2, 0.25) is 0 Å². The molecule has 5 rings (SSSR count). The smallest absolute Gasteiger partial charge is 0.347 e. The first kappa shape index (κ1) is 20.3. The molecule has 0 atom stereocenters. The number of benzene rings is 3. The van der Waals surface area contributed by atoms with Crippen molar-refractivity contribution in [1.82, 2.24) is 4.98 Å². The Morgan fingerprint density at radius 3 is 2.55 bits per heavy atom. The molecule has 7 nitrogen and oxygen atoms in total. The number of rotatable bonds is 4. The number of hydrogen-bond acceptors (Lipinski definition) is 7. The van der Waals surface area contributed by atoms with Crippen LogP contribution in [-0.2, 0) is 0 Å². The number of ether oxygens (including phenoxy) is 1. The van der Waals surface area contributed by atoms with Crippen molar-refractivity contribution in [3.05, 3.63) is 111 Å². The molecule has 0 amide bonds. The molecule has 0 saturated carbocycles. The summed E-state index contributed by atoms with van der Waals surface area (Å²) in [6.07, 6.45) is 1.64. The predicted molar refractivity (Wildman–Crippen MR) is 124 cm³/mol. The zero-order valence-corrected chi connectivity index (χ0v) is 17.4. The highest BCUT2D eigenvalue weighted by atomic mass is 16.5. The molecular weight excluding hydrogens is 422 g/mol. The Morgan fingerprint density at radius 1 is 0.939 bits per heavy atom. The fraction of sp³-hybridized carbons (Fsp3) is 0.0385. The lowest BCUT2D eigenvalue weighted by Gasteiger charge is -2.10. The quantitative estimate of drug-likeness (QED) is 0.314. The monoisotopic (exact) mass is 439 g/mol. The van der Waals surface area contributed by atoms with Crippen molar-refractivity contribution in [1.29, 1.82) is 0 Å². The first-order valence-electron chi connectivity index (χ1n) is 10.1. The lowest BCUT2D eigenvalue weighted by Crippen LogP contribution is -2.07. The highest BCUT2D eigenvalue weighted by Crippen LogP contribution is 2.27.